The molecular weight excluding hydrogens is 711 g/mol. The summed E-state index contributed by atoms with van der Waals surface area (Å²) in [7, 11) is 0. The Morgan fingerprint density at radius 1 is 0.220 bits per heavy atom. The van der Waals surface area contributed by atoms with Gasteiger partial charge in [-0.25, -0.2) is 0 Å². The molecule has 0 rings (SSSR count). The maximum absolute atomic E-state index is 5.07. The van der Waals surface area contributed by atoms with Crippen LogP contribution in [-0.4, -0.2) is 11.1 Å². The predicted octanol–water partition coefficient (Wildman–Crippen LogP) is 21.4. The first-order valence-corrected chi connectivity index (χ1v) is 28.5. The Bertz CT molecular complexity index is 710. The van der Waals surface area contributed by atoms with Crippen LogP contribution in [0.3, 0.4) is 0 Å². The minimum absolute atomic E-state index is 0.258. The fourth-order valence-corrected chi connectivity index (χ4v) is 11.6. The molecule has 0 aromatic rings. The van der Waals surface area contributed by atoms with Gasteiger partial charge in [0.25, 0.3) is 0 Å². The molecule has 1 nitrogen and oxygen atoms in total. The summed E-state index contributed by atoms with van der Waals surface area (Å²) in [5.74, 6) is 0. The van der Waals surface area contributed by atoms with Crippen LogP contribution in [0.25, 0.3) is 0 Å². The number of nitrogens with one attached hydrogen (secondary N) is 1. The van der Waals surface area contributed by atoms with E-state index >= 15 is 0 Å². The van der Waals surface area contributed by atoms with Crippen molar-refractivity contribution >= 4 is 0 Å². The third kappa shape index (κ3) is 28.4. The van der Waals surface area contributed by atoms with E-state index in [9.17, 15) is 0 Å². The van der Waals surface area contributed by atoms with Crippen LogP contribution in [0.4, 0.5) is 0 Å². The van der Waals surface area contributed by atoms with Crippen molar-refractivity contribution in [2.24, 2.45) is 10.8 Å². The molecule has 59 heavy (non-hydrogen) atoms. The summed E-state index contributed by atoms with van der Waals surface area (Å²) < 4.78 is 0. The topological polar surface area (TPSA) is 12.0 Å². The molecule has 0 aliphatic carbocycles. The van der Waals surface area contributed by atoms with Gasteiger partial charge in [-0.15, -0.1) is 0 Å². The standard InChI is InChI=1S/C58H119N/c1-11-21-25-29-33-37-41-45-49-57(53-55(15-5,16-6)17-7,50-46-42-38-34-30-26-22-12-2)59-58(54-56(18-8,19-9)20-10,51-47-43-39-35-31-27-23-13-3)52-48-44-40-36-32-28-24-14-4/h59H,11-54H2,1-10H3. The van der Waals surface area contributed by atoms with E-state index in [1.54, 1.807) is 0 Å². The zero-order valence-corrected chi connectivity index (χ0v) is 43.6. The SMILES string of the molecule is CCCCCCCCCCC(CCCCCCCCCC)(CC(CC)(CC)CC)NC(CCCCCCCCCC)(CCCCCCCCCC)CC(CC)(CC)CC. The molecule has 0 amide bonds. The van der Waals surface area contributed by atoms with Crippen LogP contribution in [0.5, 0.6) is 0 Å². The summed E-state index contributed by atoms with van der Waals surface area (Å²) in [5, 5.41) is 5.07. The molecule has 356 valence electrons. The van der Waals surface area contributed by atoms with Gasteiger partial charge in [-0.1, -0.05) is 313 Å². The monoisotopic (exact) mass is 830 g/mol. The van der Waals surface area contributed by atoms with Gasteiger partial charge < -0.3 is 5.32 Å². The third-order valence-electron chi connectivity index (χ3n) is 16.5. The number of hydrogen-bond acceptors (Lipinski definition) is 1. The average Bonchev–Trinajstić information content (AvgIpc) is 3.26. The molecule has 0 fully saturated rings. The van der Waals surface area contributed by atoms with Gasteiger partial charge in [-0.05, 0) is 49.4 Å². The van der Waals surface area contributed by atoms with Gasteiger partial charge in [0.1, 0.15) is 0 Å². The van der Waals surface area contributed by atoms with Crippen molar-refractivity contribution in [2.45, 2.75) is 363 Å². The van der Waals surface area contributed by atoms with Crippen molar-refractivity contribution in [3.05, 3.63) is 0 Å². The summed E-state index contributed by atoms with van der Waals surface area (Å²) in [6, 6.07) is 0. The van der Waals surface area contributed by atoms with Crippen LogP contribution in [0.2, 0.25) is 0 Å². The highest BCUT2D eigenvalue weighted by atomic mass is 15.1. The molecule has 0 bridgehead atoms. The lowest BCUT2D eigenvalue weighted by Gasteiger charge is -2.53. The molecule has 1 heteroatoms. The van der Waals surface area contributed by atoms with E-state index < -0.39 is 0 Å². The first kappa shape index (κ1) is 59.0. The Morgan fingerprint density at radius 2 is 0.390 bits per heavy atom. The highest BCUT2D eigenvalue weighted by molar-refractivity contribution is 5.04. The quantitative estimate of drug-likeness (QED) is 0.0603. The third-order valence-corrected chi connectivity index (χ3v) is 16.5. The maximum atomic E-state index is 5.07. The van der Waals surface area contributed by atoms with E-state index in [1.807, 2.05) is 0 Å². The van der Waals surface area contributed by atoms with E-state index in [0.29, 0.717) is 10.8 Å². The lowest BCUT2D eigenvalue weighted by Crippen LogP contribution is -2.61. The van der Waals surface area contributed by atoms with E-state index in [-0.39, 0.29) is 11.1 Å². The van der Waals surface area contributed by atoms with Crippen molar-refractivity contribution < 1.29 is 0 Å². The normalized spacial score (nSPS) is 12.9. The number of rotatable bonds is 48. The van der Waals surface area contributed by atoms with Gasteiger partial charge in [0.15, 0.2) is 0 Å². The van der Waals surface area contributed by atoms with Gasteiger partial charge in [0.2, 0.25) is 0 Å². The Labute approximate surface area is 377 Å². The van der Waals surface area contributed by atoms with E-state index in [1.165, 1.54) is 283 Å². The molecule has 0 aliphatic rings. The lowest BCUT2D eigenvalue weighted by molar-refractivity contribution is 0.0444. The first-order chi connectivity index (χ1) is 28.7. The average molecular weight is 831 g/mol. The maximum Gasteiger partial charge on any atom is 0.0192 e. The van der Waals surface area contributed by atoms with Crippen LogP contribution in [0, 0.1) is 10.8 Å². The van der Waals surface area contributed by atoms with Crippen molar-refractivity contribution in [1.29, 1.82) is 0 Å². The van der Waals surface area contributed by atoms with Crippen LogP contribution in [0.15, 0.2) is 0 Å². The first-order valence-electron chi connectivity index (χ1n) is 28.5. The molecule has 0 unspecified atom stereocenters. The molecule has 0 atom stereocenters. The second kappa shape index (κ2) is 39.5. The fourth-order valence-electron chi connectivity index (χ4n) is 11.6. The second-order valence-corrected chi connectivity index (χ2v) is 21.1. The smallest absolute Gasteiger partial charge is 0.0192 e. The molecular formula is C58H119N. The molecule has 1 N–H and O–H groups in total. The van der Waals surface area contributed by atoms with Crippen molar-refractivity contribution in [3.8, 4) is 0 Å². The van der Waals surface area contributed by atoms with E-state index in [0.717, 1.165) is 0 Å². The lowest BCUT2D eigenvalue weighted by atomic mass is 9.63. The van der Waals surface area contributed by atoms with Gasteiger partial charge in [-0.3, -0.25) is 0 Å². The van der Waals surface area contributed by atoms with E-state index in [2.05, 4.69) is 69.2 Å². The highest BCUT2D eigenvalue weighted by Crippen LogP contribution is 2.48. The minimum Gasteiger partial charge on any atom is -0.306 e. The van der Waals surface area contributed by atoms with Crippen molar-refractivity contribution in [1.82, 2.24) is 5.32 Å². The van der Waals surface area contributed by atoms with Gasteiger partial charge in [0.05, 0.1) is 0 Å². The van der Waals surface area contributed by atoms with Gasteiger partial charge in [-0.2, -0.15) is 0 Å². The number of hydrogen-bond donors (Lipinski definition) is 1. The zero-order valence-electron chi connectivity index (χ0n) is 43.6. The summed E-state index contributed by atoms with van der Waals surface area (Å²) in [6.07, 6.45) is 62.3. The van der Waals surface area contributed by atoms with E-state index in [4.69, 9.17) is 5.32 Å². The minimum atomic E-state index is 0.258. The van der Waals surface area contributed by atoms with Crippen LogP contribution < -0.4 is 5.32 Å². The zero-order chi connectivity index (χ0) is 43.8. The summed E-state index contributed by atoms with van der Waals surface area (Å²) in [5.41, 5.74) is 1.42. The summed E-state index contributed by atoms with van der Waals surface area (Å²) in [6.45, 7) is 24.7. The van der Waals surface area contributed by atoms with Crippen LogP contribution in [-0.2, 0) is 0 Å². The molecule has 0 saturated carbocycles. The molecule has 0 aromatic carbocycles. The highest BCUT2D eigenvalue weighted by Gasteiger charge is 2.46. The summed E-state index contributed by atoms with van der Waals surface area (Å²) >= 11 is 0. The van der Waals surface area contributed by atoms with Crippen molar-refractivity contribution in [2.75, 3.05) is 0 Å². The van der Waals surface area contributed by atoms with Gasteiger partial charge in [0, 0.05) is 11.1 Å². The number of unbranched alkanes of at least 4 members (excludes halogenated alkanes) is 28. The Hall–Kier alpha value is -0.0400. The predicted molar refractivity (Wildman–Crippen MR) is 273 cm³/mol. The second-order valence-electron chi connectivity index (χ2n) is 21.1. The van der Waals surface area contributed by atoms with Crippen LogP contribution in [0.1, 0.15) is 352 Å². The largest absolute Gasteiger partial charge is 0.306 e. The molecule has 0 aliphatic heterocycles. The Balaban J connectivity index is 6.98. The molecule has 0 heterocycles. The molecule has 0 aromatic heterocycles. The van der Waals surface area contributed by atoms with Crippen LogP contribution >= 0.6 is 0 Å². The molecule has 0 spiro atoms. The Kier molecular flexibility index (Phi) is 39.5. The van der Waals surface area contributed by atoms with Crippen molar-refractivity contribution in [3.63, 3.8) is 0 Å². The Morgan fingerprint density at radius 3 is 0.559 bits per heavy atom. The molecule has 0 saturated heterocycles. The fraction of sp³-hybridized carbons (Fsp3) is 1.00. The molecule has 0 radical (unpaired) electrons. The van der Waals surface area contributed by atoms with Gasteiger partial charge >= 0.3 is 0 Å². The summed E-state index contributed by atoms with van der Waals surface area (Å²) in [4.78, 5) is 0.